The highest BCUT2D eigenvalue weighted by molar-refractivity contribution is 5.10. The number of aromatic nitrogens is 2. The molecule has 3 unspecified atom stereocenters. The fourth-order valence-corrected chi connectivity index (χ4v) is 2.97. The Labute approximate surface area is 116 Å². The predicted octanol–water partition coefficient (Wildman–Crippen LogP) is 2.76. The van der Waals surface area contributed by atoms with Gasteiger partial charge in [0.15, 0.2) is 0 Å². The number of hydrogen-bond acceptors (Lipinski definition) is 3. The zero-order valence-electron chi connectivity index (χ0n) is 12.4. The van der Waals surface area contributed by atoms with E-state index < -0.39 is 0 Å². The molecule has 4 heteroatoms. The van der Waals surface area contributed by atoms with Crippen molar-refractivity contribution in [2.24, 2.45) is 5.92 Å². The van der Waals surface area contributed by atoms with Crippen LogP contribution in [0.2, 0.25) is 0 Å². The molecule has 1 aromatic rings. The van der Waals surface area contributed by atoms with Gasteiger partial charge in [-0.1, -0.05) is 13.8 Å². The highest BCUT2D eigenvalue weighted by atomic mass is 16.5. The lowest BCUT2D eigenvalue weighted by Gasteiger charge is -2.27. The van der Waals surface area contributed by atoms with Crippen LogP contribution in [0.25, 0.3) is 0 Å². The summed E-state index contributed by atoms with van der Waals surface area (Å²) >= 11 is 0. The van der Waals surface area contributed by atoms with Crippen LogP contribution in [-0.4, -0.2) is 29.0 Å². The van der Waals surface area contributed by atoms with E-state index in [9.17, 15) is 0 Å². The summed E-state index contributed by atoms with van der Waals surface area (Å²) in [6.07, 6.45) is 5.66. The van der Waals surface area contributed by atoms with Crippen molar-refractivity contribution in [1.82, 2.24) is 15.1 Å². The van der Waals surface area contributed by atoms with Gasteiger partial charge < -0.3 is 10.1 Å². The van der Waals surface area contributed by atoms with Gasteiger partial charge in [0.05, 0.1) is 17.8 Å². The van der Waals surface area contributed by atoms with Gasteiger partial charge in [0.25, 0.3) is 0 Å². The molecule has 1 aliphatic rings. The predicted molar refractivity (Wildman–Crippen MR) is 77.1 cm³/mol. The minimum absolute atomic E-state index is 0.333. The third-order valence-electron chi connectivity index (χ3n) is 3.98. The highest BCUT2D eigenvalue weighted by Crippen LogP contribution is 2.33. The molecule has 1 aliphatic heterocycles. The van der Waals surface area contributed by atoms with Gasteiger partial charge >= 0.3 is 0 Å². The molecule has 4 nitrogen and oxygen atoms in total. The Hall–Kier alpha value is -0.870. The van der Waals surface area contributed by atoms with E-state index in [1.807, 2.05) is 6.20 Å². The Morgan fingerprint density at radius 1 is 1.47 bits per heavy atom. The van der Waals surface area contributed by atoms with E-state index in [0.717, 1.165) is 39.0 Å². The summed E-state index contributed by atoms with van der Waals surface area (Å²) in [4.78, 5) is 0. The molecule has 2 rings (SSSR count). The zero-order chi connectivity index (χ0) is 13.7. The standard InChI is InChI=1S/C15H27N3O/c1-4-8-16-15(13-7-11-19-12(13)3)14-6-9-17-18(14)10-5-2/h6,9,12-13,15-16H,4-5,7-8,10-11H2,1-3H3. The largest absolute Gasteiger partial charge is 0.378 e. The monoisotopic (exact) mass is 265 g/mol. The van der Waals surface area contributed by atoms with Gasteiger partial charge in [-0.05, 0) is 38.8 Å². The first-order valence-electron chi connectivity index (χ1n) is 7.64. The second-order valence-corrected chi connectivity index (χ2v) is 5.44. The minimum Gasteiger partial charge on any atom is -0.378 e. The fraction of sp³-hybridized carbons (Fsp3) is 0.800. The first-order valence-corrected chi connectivity index (χ1v) is 7.64. The van der Waals surface area contributed by atoms with Crippen LogP contribution in [-0.2, 0) is 11.3 Å². The maximum atomic E-state index is 5.75. The van der Waals surface area contributed by atoms with Crippen molar-refractivity contribution in [3.05, 3.63) is 18.0 Å². The Balaban J connectivity index is 2.18. The van der Waals surface area contributed by atoms with E-state index in [2.05, 4.69) is 41.9 Å². The van der Waals surface area contributed by atoms with Crippen molar-refractivity contribution in [2.45, 2.75) is 58.7 Å². The Morgan fingerprint density at radius 2 is 2.32 bits per heavy atom. The summed E-state index contributed by atoms with van der Waals surface area (Å²) in [5, 5.41) is 8.17. The number of rotatable bonds is 7. The molecule has 0 amide bonds. The molecule has 2 heterocycles. The maximum Gasteiger partial charge on any atom is 0.0594 e. The smallest absolute Gasteiger partial charge is 0.0594 e. The highest BCUT2D eigenvalue weighted by Gasteiger charge is 2.34. The summed E-state index contributed by atoms with van der Waals surface area (Å²) in [5.74, 6) is 0.554. The fourth-order valence-electron chi connectivity index (χ4n) is 2.97. The summed E-state index contributed by atoms with van der Waals surface area (Å²) in [6.45, 7) is 9.53. The first kappa shape index (κ1) is 14.5. The lowest BCUT2D eigenvalue weighted by atomic mass is 9.91. The molecule has 1 aromatic heterocycles. The summed E-state index contributed by atoms with van der Waals surface area (Å²) in [7, 11) is 0. The van der Waals surface area contributed by atoms with Crippen LogP contribution >= 0.6 is 0 Å². The van der Waals surface area contributed by atoms with Crippen LogP contribution in [0.15, 0.2) is 12.3 Å². The second kappa shape index (κ2) is 7.06. The number of aryl methyl sites for hydroxylation is 1. The molecule has 1 N–H and O–H groups in total. The van der Waals surface area contributed by atoms with Gasteiger partial charge in [-0.3, -0.25) is 4.68 Å². The van der Waals surface area contributed by atoms with Crippen molar-refractivity contribution >= 4 is 0 Å². The van der Waals surface area contributed by atoms with Gasteiger partial charge in [0, 0.05) is 25.3 Å². The van der Waals surface area contributed by atoms with Crippen molar-refractivity contribution in [1.29, 1.82) is 0 Å². The van der Waals surface area contributed by atoms with E-state index in [1.165, 1.54) is 5.69 Å². The Kier molecular flexibility index (Phi) is 5.40. The summed E-state index contributed by atoms with van der Waals surface area (Å²) in [5.41, 5.74) is 1.32. The van der Waals surface area contributed by atoms with Gasteiger partial charge in [0.1, 0.15) is 0 Å². The van der Waals surface area contributed by atoms with E-state index in [0.29, 0.717) is 18.1 Å². The molecule has 3 atom stereocenters. The number of hydrogen-bond donors (Lipinski definition) is 1. The third-order valence-corrected chi connectivity index (χ3v) is 3.98. The molecule has 0 aromatic carbocycles. The Bertz CT molecular complexity index is 377. The summed E-state index contributed by atoms with van der Waals surface area (Å²) < 4.78 is 7.91. The molecule has 108 valence electrons. The van der Waals surface area contributed by atoms with Crippen molar-refractivity contribution in [3.8, 4) is 0 Å². The first-order chi connectivity index (χ1) is 9.27. The number of nitrogens with zero attached hydrogens (tertiary/aromatic N) is 2. The van der Waals surface area contributed by atoms with E-state index in [1.54, 1.807) is 0 Å². The molecule has 19 heavy (non-hydrogen) atoms. The molecular weight excluding hydrogens is 238 g/mol. The Morgan fingerprint density at radius 3 is 2.95 bits per heavy atom. The van der Waals surface area contributed by atoms with Gasteiger partial charge in [-0.2, -0.15) is 5.10 Å². The molecule has 0 aliphatic carbocycles. The van der Waals surface area contributed by atoms with E-state index in [4.69, 9.17) is 4.74 Å². The molecule has 0 saturated carbocycles. The van der Waals surface area contributed by atoms with Crippen LogP contribution in [0, 0.1) is 5.92 Å². The van der Waals surface area contributed by atoms with Crippen LogP contribution in [0.3, 0.4) is 0 Å². The average Bonchev–Trinajstić information content (AvgIpc) is 3.01. The lowest BCUT2D eigenvalue weighted by Crippen LogP contribution is -2.34. The van der Waals surface area contributed by atoms with Crippen molar-refractivity contribution < 1.29 is 4.74 Å². The van der Waals surface area contributed by atoms with Crippen LogP contribution < -0.4 is 5.32 Å². The molecular formula is C15H27N3O. The molecule has 0 spiro atoms. The average molecular weight is 265 g/mol. The maximum absolute atomic E-state index is 5.75. The number of ether oxygens (including phenoxy) is 1. The third kappa shape index (κ3) is 3.37. The minimum atomic E-state index is 0.333. The molecule has 1 fully saturated rings. The molecule has 0 bridgehead atoms. The molecule has 1 saturated heterocycles. The van der Waals surface area contributed by atoms with Crippen LogP contribution in [0.1, 0.15) is 51.8 Å². The van der Waals surface area contributed by atoms with Crippen molar-refractivity contribution in [3.63, 3.8) is 0 Å². The van der Waals surface area contributed by atoms with E-state index in [-0.39, 0.29) is 0 Å². The van der Waals surface area contributed by atoms with Crippen molar-refractivity contribution in [2.75, 3.05) is 13.2 Å². The number of nitrogens with one attached hydrogen (secondary N) is 1. The second-order valence-electron chi connectivity index (χ2n) is 5.44. The van der Waals surface area contributed by atoms with E-state index >= 15 is 0 Å². The van der Waals surface area contributed by atoms with Gasteiger partial charge in [0.2, 0.25) is 0 Å². The SMILES string of the molecule is CCCNC(c1ccnn1CCC)C1CCOC1C. The van der Waals surface area contributed by atoms with Crippen LogP contribution in [0.4, 0.5) is 0 Å². The van der Waals surface area contributed by atoms with Gasteiger partial charge in [-0.25, -0.2) is 0 Å². The topological polar surface area (TPSA) is 39.1 Å². The lowest BCUT2D eigenvalue weighted by molar-refractivity contribution is 0.0942. The normalized spacial score (nSPS) is 24.8. The quantitative estimate of drug-likeness (QED) is 0.824. The van der Waals surface area contributed by atoms with Crippen LogP contribution in [0.5, 0.6) is 0 Å². The van der Waals surface area contributed by atoms with Gasteiger partial charge in [-0.15, -0.1) is 0 Å². The zero-order valence-corrected chi connectivity index (χ0v) is 12.4. The summed E-state index contributed by atoms with van der Waals surface area (Å²) in [6, 6.07) is 2.53. The molecule has 0 radical (unpaired) electrons.